The Hall–Kier alpha value is -3.40. The normalized spacial score (nSPS) is 17.3. The summed E-state index contributed by atoms with van der Waals surface area (Å²) in [4.78, 5) is 27.5. The van der Waals surface area contributed by atoms with Crippen LogP contribution in [0.4, 0.5) is 10.5 Å². The third-order valence-corrected chi connectivity index (χ3v) is 5.62. The van der Waals surface area contributed by atoms with E-state index in [-0.39, 0.29) is 18.6 Å². The van der Waals surface area contributed by atoms with Crippen molar-refractivity contribution < 1.29 is 14.7 Å². The number of rotatable bonds is 6. The van der Waals surface area contributed by atoms with Crippen LogP contribution in [-0.4, -0.2) is 58.7 Å². The zero-order valence-electron chi connectivity index (χ0n) is 19.1. The number of amides is 3. The fourth-order valence-corrected chi connectivity index (χ4v) is 4.06. The molecule has 0 aliphatic carbocycles. The summed E-state index contributed by atoms with van der Waals surface area (Å²) in [5.74, 6) is 1.01. The van der Waals surface area contributed by atoms with Crippen molar-refractivity contribution in [2.45, 2.75) is 25.1 Å². The van der Waals surface area contributed by atoms with Gasteiger partial charge in [-0.25, -0.2) is 9.78 Å². The highest BCUT2D eigenvalue weighted by molar-refractivity contribution is 6.30. The van der Waals surface area contributed by atoms with E-state index in [1.165, 1.54) is 5.56 Å². The van der Waals surface area contributed by atoms with Gasteiger partial charge in [0.2, 0.25) is 6.41 Å². The van der Waals surface area contributed by atoms with Crippen LogP contribution in [0.15, 0.2) is 60.9 Å². The molecule has 34 heavy (non-hydrogen) atoms. The summed E-state index contributed by atoms with van der Waals surface area (Å²) in [6.07, 6.45) is 4.44. The average Bonchev–Trinajstić information content (AvgIpc) is 3.41. The number of hydrogen-bond acceptors (Lipinski definition) is 6. The highest BCUT2D eigenvalue weighted by Gasteiger charge is 2.32. The topological polar surface area (TPSA) is 117 Å². The van der Waals surface area contributed by atoms with Crippen LogP contribution in [0.3, 0.4) is 0 Å². The van der Waals surface area contributed by atoms with Crippen LogP contribution in [0.2, 0.25) is 5.02 Å². The number of nitrogens with one attached hydrogen (secondary N) is 1. The van der Waals surface area contributed by atoms with Gasteiger partial charge in [0, 0.05) is 35.3 Å². The van der Waals surface area contributed by atoms with Crippen molar-refractivity contribution in [3.05, 3.63) is 77.3 Å². The number of carbonyl (C=O) groups is 2. The molecule has 9 nitrogen and oxygen atoms in total. The van der Waals surface area contributed by atoms with Gasteiger partial charge < -0.3 is 25.2 Å². The van der Waals surface area contributed by atoms with Crippen molar-refractivity contribution in [1.82, 2.24) is 19.8 Å². The molecular formula is C24H29ClN6O3. The Morgan fingerprint density at radius 1 is 1.21 bits per heavy atom. The largest absolute Gasteiger partial charge is 0.391 e. The fourth-order valence-electron chi connectivity index (χ4n) is 3.93. The van der Waals surface area contributed by atoms with E-state index in [0.29, 0.717) is 6.54 Å². The lowest BCUT2D eigenvalue weighted by Gasteiger charge is -2.27. The highest BCUT2D eigenvalue weighted by Crippen LogP contribution is 2.37. The number of nitrogens with zero attached hydrogens (tertiary/aromatic N) is 4. The number of anilines is 1. The van der Waals surface area contributed by atoms with Crippen LogP contribution >= 0.6 is 11.6 Å². The molecule has 10 heteroatoms. The Morgan fingerprint density at radius 3 is 2.41 bits per heavy atom. The molecule has 0 radical (unpaired) electrons. The summed E-state index contributed by atoms with van der Waals surface area (Å²) in [7, 11) is 4.08. The van der Waals surface area contributed by atoms with E-state index in [0.717, 1.165) is 35.2 Å². The van der Waals surface area contributed by atoms with Gasteiger partial charge in [0.15, 0.2) is 0 Å². The van der Waals surface area contributed by atoms with Gasteiger partial charge in [-0.05, 0) is 62.5 Å². The number of nitrogens with two attached hydrogens (primary N) is 1. The Bertz CT molecular complexity index is 1080. The number of benzene rings is 2. The number of aliphatic hydroxyl groups is 1. The van der Waals surface area contributed by atoms with Gasteiger partial charge in [0.25, 0.3) is 0 Å². The van der Waals surface area contributed by atoms with E-state index >= 15 is 0 Å². The number of urea groups is 1. The SMILES string of the molecule is CN(C)Cc1nccn1-c1ccc([C@H]2C[C@@H](O)CN2c2ccc(Cl)cc2)cc1.NC(=O)NC=O. The third kappa shape index (κ3) is 6.57. The predicted molar refractivity (Wildman–Crippen MR) is 132 cm³/mol. The lowest BCUT2D eigenvalue weighted by Crippen LogP contribution is -2.27. The minimum Gasteiger partial charge on any atom is -0.391 e. The minimum absolute atomic E-state index is 0.147. The lowest BCUT2D eigenvalue weighted by atomic mass is 10.0. The van der Waals surface area contributed by atoms with Crippen LogP contribution in [0.1, 0.15) is 23.9 Å². The smallest absolute Gasteiger partial charge is 0.318 e. The summed E-state index contributed by atoms with van der Waals surface area (Å²) in [5, 5.41) is 12.7. The molecule has 0 unspecified atom stereocenters. The Labute approximate surface area is 203 Å². The van der Waals surface area contributed by atoms with E-state index in [2.05, 4.69) is 49.4 Å². The van der Waals surface area contributed by atoms with Crippen LogP contribution in [0.25, 0.3) is 5.69 Å². The van der Waals surface area contributed by atoms with Gasteiger partial charge in [0.05, 0.1) is 18.7 Å². The first-order chi connectivity index (χ1) is 16.3. The van der Waals surface area contributed by atoms with Crippen LogP contribution in [0, 0.1) is 0 Å². The maximum atomic E-state index is 10.3. The maximum absolute atomic E-state index is 10.3. The Balaban J connectivity index is 0.000000481. The van der Waals surface area contributed by atoms with Gasteiger partial charge in [0.1, 0.15) is 5.82 Å². The van der Waals surface area contributed by atoms with Crippen molar-refractivity contribution in [3.8, 4) is 5.69 Å². The molecule has 180 valence electrons. The molecule has 4 N–H and O–H groups in total. The molecule has 4 rings (SSSR count). The number of carbonyl (C=O) groups excluding carboxylic acids is 2. The summed E-state index contributed by atoms with van der Waals surface area (Å²) < 4.78 is 2.12. The molecule has 2 heterocycles. The van der Waals surface area contributed by atoms with Crippen LogP contribution in [0.5, 0.6) is 0 Å². The summed E-state index contributed by atoms with van der Waals surface area (Å²) in [6.45, 7) is 1.41. The Kier molecular flexibility index (Phi) is 8.64. The first kappa shape index (κ1) is 25.2. The monoisotopic (exact) mass is 484 g/mol. The first-order valence-corrected chi connectivity index (χ1v) is 11.1. The molecule has 2 aromatic carbocycles. The van der Waals surface area contributed by atoms with Gasteiger partial charge in [-0.15, -0.1) is 0 Å². The van der Waals surface area contributed by atoms with Crippen molar-refractivity contribution >= 4 is 29.7 Å². The number of imide groups is 1. The molecule has 2 atom stereocenters. The molecule has 3 aromatic rings. The highest BCUT2D eigenvalue weighted by atomic mass is 35.5. The summed E-state index contributed by atoms with van der Waals surface area (Å²) in [6, 6.07) is 15.7. The third-order valence-electron chi connectivity index (χ3n) is 5.37. The molecular weight excluding hydrogens is 456 g/mol. The number of hydrogen-bond donors (Lipinski definition) is 3. The van der Waals surface area contributed by atoms with E-state index in [9.17, 15) is 14.7 Å². The maximum Gasteiger partial charge on any atom is 0.318 e. The van der Waals surface area contributed by atoms with E-state index < -0.39 is 6.03 Å². The number of β-amino-alcohol motifs (C(OH)–C–C–N with tert-alkyl or cyclic N) is 1. The molecule has 0 spiro atoms. The fraction of sp³-hybridized carbons (Fsp3) is 0.292. The second kappa shape index (κ2) is 11.6. The average molecular weight is 485 g/mol. The number of halogens is 1. The molecule has 1 fully saturated rings. The van der Waals surface area contributed by atoms with Crippen LogP contribution in [-0.2, 0) is 11.3 Å². The van der Waals surface area contributed by atoms with E-state index in [1.807, 2.05) is 50.8 Å². The van der Waals surface area contributed by atoms with Crippen molar-refractivity contribution in [2.24, 2.45) is 5.73 Å². The lowest BCUT2D eigenvalue weighted by molar-refractivity contribution is -0.108. The number of primary amides is 1. The van der Waals surface area contributed by atoms with Gasteiger partial charge in [-0.1, -0.05) is 23.7 Å². The Morgan fingerprint density at radius 2 is 1.85 bits per heavy atom. The molecule has 1 saturated heterocycles. The van der Waals surface area contributed by atoms with Crippen molar-refractivity contribution in [2.75, 3.05) is 25.5 Å². The second-order valence-corrected chi connectivity index (χ2v) is 8.64. The standard InChI is InChI=1S/C22H25ClN4O.C2H4N2O2/c1-25(2)15-22-24-11-12-26(22)18-7-3-16(4-8-18)21-13-20(28)14-27(21)19-9-5-17(23)6-10-19;3-2(6)4-1-5/h3-12,20-21,28H,13-15H2,1-2H3;1H,(H3,3,4,5,6)/t20-,21-;/m1./s1. The quantitative estimate of drug-likeness (QED) is 0.463. The minimum atomic E-state index is -0.829. The van der Waals surface area contributed by atoms with Gasteiger partial charge in [-0.2, -0.15) is 0 Å². The molecule has 1 aliphatic rings. The molecule has 1 aromatic heterocycles. The van der Waals surface area contributed by atoms with Crippen molar-refractivity contribution in [3.63, 3.8) is 0 Å². The van der Waals surface area contributed by atoms with E-state index in [4.69, 9.17) is 11.6 Å². The van der Waals surface area contributed by atoms with E-state index in [1.54, 1.807) is 5.32 Å². The molecule has 1 aliphatic heterocycles. The number of imidazole rings is 1. The van der Waals surface area contributed by atoms with Crippen LogP contribution < -0.4 is 16.0 Å². The van der Waals surface area contributed by atoms with Gasteiger partial charge >= 0.3 is 6.03 Å². The molecule has 0 bridgehead atoms. The predicted octanol–water partition coefficient (Wildman–Crippen LogP) is 2.71. The zero-order chi connectivity index (χ0) is 24.7. The molecule has 3 amide bonds. The van der Waals surface area contributed by atoms with Crippen molar-refractivity contribution in [1.29, 1.82) is 0 Å². The first-order valence-electron chi connectivity index (χ1n) is 10.8. The summed E-state index contributed by atoms with van der Waals surface area (Å²) in [5.41, 5.74) is 7.79. The van der Waals surface area contributed by atoms with Gasteiger partial charge in [-0.3, -0.25) is 10.1 Å². The number of aromatic nitrogens is 2. The number of aliphatic hydroxyl groups excluding tert-OH is 1. The second-order valence-electron chi connectivity index (χ2n) is 8.20. The summed E-state index contributed by atoms with van der Waals surface area (Å²) >= 11 is 6.03. The molecule has 0 saturated carbocycles. The zero-order valence-corrected chi connectivity index (χ0v) is 19.9.